The molecule has 0 N–H and O–H groups in total. The molecular weight excluding hydrogens is 284 g/mol. The molecule has 0 aromatic rings. The minimum Gasteiger partial charge on any atom is -0.290 e. The van der Waals surface area contributed by atoms with Gasteiger partial charge in [0.05, 0.1) is 0 Å². The summed E-state index contributed by atoms with van der Waals surface area (Å²) < 4.78 is 0. The lowest BCUT2D eigenvalue weighted by Crippen LogP contribution is -2.50. The predicted octanol–water partition coefficient (Wildman–Crippen LogP) is 4.81. The fourth-order valence-corrected chi connectivity index (χ4v) is 5.37. The summed E-state index contributed by atoms with van der Waals surface area (Å²) in [7, 11) is 0. The van der Waals surface area contributed by atoms with Gasteiger partial charge in [-0.2, -0.15) is 0 Å². The Bertz CT molecular complexity index is 624. The van der Waals surface area contributed by atoms with Crippen molar-refractivity contribution in [2.75, 3.05) is 0 Å². The molecule has 23 heavy (non-hydrogen) atoms. The van der Waals surface area contributed by atoms with Crippen LogP contribution in [-0.2, 0) is 9.59 Å². The van der Waals surface area contributed by atoms with Gasteiger partial charge in [-0.3, -0.25) is 9.59 Å². The summed E-state index contributed by atoms with van der Waals surface area (Å²) in [4.78, 5) is 24.0. The quantitative estimate of drug-likeness (QED) is 0.541. The van der Waals surface area contributed by atoms with Crippen LogP contribution in [-0.4, -0.2) is 11.6 Å². The van der Waals surface area contributed by atoms with Gasteiger partial charge in [0.2, 0.25) is 0 Å². The molecule has 2 nitrogen and oxygen atoms in total. The van der Waals surface area contributed by atoms with Crippen molar-refractivity contribution in [3.05, 3.63) is 36.0 Å². The third-order valence-electron chi connectivity index (χ3n) is 7.17. The molecular formula is C21H28O2. The van der Waals surface area contributed by atoms with Gasteiger partial charge in [-0.25, -0.2) is 0 Å². The minimum atomic E-state index is -0.0533. The van der Waals surface area contributed by atoms with E-state index in [1.807, 2.05) is 0 Å². The highest BCUT2D eigenvalue weighted by Gasteiger charge is 2.54. The number of allylic oxidation sites excluding steroid dienone is 5. The van der Waals surface area contributed by atoms with E-state index in [0.717, 1.165) is 12.8 Å². The van der Waals surface area contributed by atoms with E-state index in [-0.39, 0.29) is 22.4 Å². The van der Waals surface area contributed by atoms with Gasteiger partial charge in [0.25, 0.3) is 0 Å². The second kappa shape index (κ2) is 5.58. The summed E-state index contributed by atoms with van der Waals surface area (Å²) in [5.41, 5.74) is 2.35. The molecule has 0 heterocycles. The van der Waals surface area contributed by atoms with E-state index in [4.69, 9.17) is 0 Å². The molecule has 1 unspecified atom stereocenters. The van der Waals surface area contributed by atoms with Crippen molar-refractivity contribution < 1.29 is 9.59 Å². The van der Waals surface area contributed by atoms with Gasteiger partial charge in [-0.05, 0) is 79.4 Å². The zero-order valence-corrected chi connectivity index (χ0v) is 14.7. The molecule has 0 aliphatic heterocycles. The van der Waals surface area contributed by atoms with Gasteiger partial charge in [0, 0.05) is 5.57 Å². The van der Waals surface area contributed by atoms with Crippen molar-refractivity contribution in [2.24, 2.45) is 22.7 Å². The molecule has 3 rings (SSSR count). The van der Waals surface area contributed by atoms with Crippen LogP contribution in [0, 0.1) is 22.7 Å². The van der Waals surface area contributed by atoms with Gasteiger partial charge in [-0.1, -0.05) is 32.9 Å². The third kappa shape index (κ3) is 2.56. The molecule has 3 aliphatic rings. The highest BCUT2D eigenvalue weighted by molar-refractivity contribution is 6.17. The number of carbonyl (C=O) groups excluding carboxylic acids is 2. The van der Waals surface area contributed by atoms with Crippen molar-refractivity contribution in [1.29, 1.82) is 0 Å². The molecule has 2 fully saturated rings. The maximum Gasteiger partial charge on any atom is 0.182 e. The molecule has 0 amide bonds. The van der Waals surface area contributed by atoms with E-state index >= 15 is 0 Å². The van der Waals surface area contributed by atoms with E-state index in [0.29, 0.717) is 17.4 Å². The summed E-state index contributed by atoms with van der Waals surface area (Å²) >= 11 is 0. The summed E-state index contributed by atoms with van der Waals surface area (Å²) in [5, 5.41) is 0. The number of ketones is 2. The monoisotopic (exact) mass is 312 g/mol. The second-order valence-electron chi connectivity index (χ2n) is 8.36. The first-order chi connectivity index (χ1) is 10.8. The molecule has 3 aliphatic carbocycles. The fourth-order valence-electron chi connectivity index (χ4n) is 5.37. The largest absolute Gasteiger partial charge is 0.290 e. The number of rotatable bonds is 2. The Morgan fingerprint density at radius 3 is 2.70 bits per heavy atom. The highest BCUT2D eigenvalue weighted by atomic mass is 16.1. The van der Waals surface area contributed by atoms with E-state index in [1.165, 1.54) is 43.4 Å². The molecule has 124 valence electrons. The lowest BCUT2D eigenvalue weighted by Gasteiger charge is -2.59. The Kier molecular flexibility index (Phi) is 3.98. The maximum atomic E-state index is 12.2. The topological polar surface area (TPSA) is 34.1 Å². The Morgan fingerprint density at radius 2 is 1.96 bits per heavy atom. The van der Waals surface area contributed by atoms with Crippen LogP contribution in [0.3, 0.4) is 0 Å². The van der Waals surface area contributed by atoms with Crippen LogP contribution in [0.5, 0.6) is 0 Å². The van der Waals surface area contributed by atoms with Crippen LogP contribution in [0.15, 0.2) is 36.0 Å². The average Bonchev–Trinajstić information content (AvgIpc) is 2.50. The van der Waals surface area contributed by atoms with E-state index < -0.39 is 0 Å². The van der Waals surface area contributed by atoms with E-state index in [1.54, 1.807) is 6.08 Å². The second-order valence-corrected chi connectivity index (χ2v) is 8.36. The number of hydrogen-bond acceptors (Lipinski definition) is 2. The number of hydrogen-bond donors (Lipinski definition) is 0. The lowest BCUT2D eigenvalue weighted by molar-refractivity contribution is -0.115. The van der Waals surface area contributed by atoms with Crippen LogP contribution in [0.4, 0.5) is 0 Å². The molecule has 0 saturated heterocycles. The zero-order valence-electron chi connectivity index (χ0n) is 14.7. The smallest absolute Gasteiger partial charge is 0.182 e. The van der Waals surface area contributed by atoms with Crippen molar-refractivity contribution in [3.8, 4) is 0 Å². The average molecular weight is 312 g/mol. The lowest BCUT2D eigenvalue weighted by atomic mass is 9.46. The molecule has 2 heteroatoms. The first-order valence-corrected chi connectivity index (χ1v) is 8.92. The van der Waals surface area contributed by atoms with Crippen LogP contribution >= 0.6 is 0 Å². The van der Waals surface area contributed by atoms with Crippen molar-refractivity contribution >= 4 is 11.6 Å². The Balaban J connectivity index is 1.95. The van der Waals surface area contributed by atoms with Gasteiger partial charge in [-0.15, -0.1) is 0 Å². The summed E-state index contributed by atoms with van der Waals surface area (Å²) in [6, 6.07) is 0. The summed E-state index contributed by atoms with van der Waals surface area (Å²) in [6.45, 7) is 11.4. The van der Waals surface area contributed by atoms with Crippen molar-refractivity contribution in [3.63, 3.8) is 0 Å². The fraction of sp³-hybridized carbons (Fsp3) is 0.619. The van der Waals surface area contributed by atoms with Crippen LogP contribution in [0.2, 0.25) is 0 Å². The number of fused-ring (bicyclic) bond motifs is 1. The molecule has 0 aromatic heterocycles. The van der Waals surface area contributed by atoms with Crippen molar-refractivity contribution in [2.45, 2.75) is 59.3 Å². The molecule has 4 atom stereocenters. The molecule has 0 bridgehead atoms. The third-order valence-corrected chi connectivity index (χ3v) is 7.17. The number of carbonyl (C=O) groups is 2. The van der Waals surface area contributed by atoms with Crippen LogP contribution in [0.1, 0.15) is 59.3 Å². The molecule has 0 radical (unpaired) electrons. The molecule has 0 spiro atoms. The Labute approximate surface area is 139 Å². The van der Waals surface area contributed by atoms with E-state index in [2.05, 4.69) is 27.4 Å². The van der Waals surface area contributed by atoms with Gasteiger partial charge >= 0.3 is 0 Å². The Hall–Kier alpha value is -1.44. The SMILES string of the molecule is C=C1CCC[C@H]2[C@@](C)(CC3=CC(=O)C=CC3=O)C(C)CC[C@]12C. The molecule has 2 saturated carbocycles. The summed E-state index contributed by atoms with van der Waals surface area (Å²) in [6.07, 6.45) is 11.0. The normalized spacial score (nSPS) is 40.8. The Morgan fingerprint density at radius 1 is 1.22 bits per heavy atom. The van der Waals surface area contributed by atoms with Crippen molar-refractivity contribution in [1.82, 2.24) is 0 Å². The highest BCUT2D eigenvalue weighted by Crippen LogP contribution is 2.63. The maximum absolute atomic E-state index is 12.2. The minimum absolute atomic E-state index is 0.0138. The molecule has 0 aromatic carbocycles. The first kappa shape index (κ1) is 16.4. The van der Waals surface area contributed by atoms with Gasteiger partial charge in [0.15, 0.2) is 11.6 Å². The van der Waals surface area contributed by atoms with Crippen LogP contribution in [0.25, 0.3) is 0 Å². The standard InChI is InChI=1S/C21H28O2/c1-14-6-5-7-19-20(14,3)11-10-15(2)21(19,4)13-16-12-17(22)8-9-18(16)23/h8-9,12,15,19H,1,5-7,10-11,13H2,2-4H3/t15?,19-,20-,21+/m1/s1. The van der Waals surface area contributed by atoms with Gasteiger partial charge < -0.3 is 0 Å². The van der Waals surface area contributed by atoms with Crippen LogP contribution < -0.4 is 0 Å². The zero-order chi connectivity index (χ0) is 16.8. The first-order valence-electron chi connectivity index (χ1n) is 8.92. The summed E-state index contributed by atoms with van der Waals surface area (Å²) in [5.74, 6) is 1.07. The van der Waals surface area contributed by atoms with E-state index in [9.17, 15) is 9.59 Å². The predicted molar refractivity (Wildman–Crippen MR) is 92.9 cm³/mol. The van der Waals surface area contributed by atoms with Gasteiger partial charge in [0.1, 0.15) is 0 Å².